The third-order valence-electron chi connectivity index (χ3n) is 6.90. The van der Waals surface area contributed by atoms with E-state index in [-0.39, 0.29) is 11.4 Å². The Morgan fingerprint density at radius 2 is 1.36 bits per heavy atom. The van der Waals surface area contributed by atoms with Crippen LogP contribution in [0.2, 0.25) is 0 Å². The van der Waals surface area contributed by atoms with Crippen molar-refractivity contribution in [3.63, 3.8) is 0 Å². The van der Waals surface area contributed by atoms with Crippen molar-refractivity contribution in [1.82, 2.24) is 10.6 Å². The fraction of sp³-hybridized carbons (Fsp3) is 0.417. The fourth-order valence-corrected chi connectivity index (χ4v) is 6.46. The van der Waals surface area contributed by atoms with E-state index in [0.717, 1.165) is 28.9 Å². The highest BCUT2D eigenvalue weighted by molar-refractivity contribution is 7.80. The van der Waals surface area contributed by atoms with E-state index in [9.17, 15) is 4.79 Å². The van der Waals surface area contributed by atoms with Crippen LogP contribution in [-0.2, 0) is 0 Å². The summed E-state index contributed by atoms with van der Waals surface area (Å²) in [6.07, 6.45) is 7.82. The van der Waals surface area contributed by atoms with Crippen molar-refractivity contribution in [2.24, 2.45) is 17.8 Å². The molecular weight excluding hydrogens is 364 g/mol. The van der Waals surface area contributed by atoms with Gasteiger partial charge in [-0.05, 0) is 91.8 Å². The van der Waals surface area contributed by atoms with E-state index >= 15 is 0 Å². The molecule has 1 amide bonds. The molecule has 4 fully saturated rings. The standard InChI is InChI=1S/C24H26N2OS/c27-22(21-8-6-20(7-9-21)19-4-2-1-3-5-19)25-23(28)26-24-13-16-10-17(14-24)12-18(11-16)15-24/h1-9,16-18H,10-15H2,(H2,25,26,27,28). The Morgan fingerprint density at radius 3 is 1.93 bits per heavy atom. The smallest absolute Gasteiger partial charge is 0.257 e. The molecule has 0 spiro atoms. The molecule has 4 saturated carbocycles. The average Bonchev–Trinajstić information content (AvgIpc) is 2.67. The van der Waals surface area contributed by atoms with Gasteiger partial charge < -0.3 is 5.32 Å². The first kappa shape index (κ1) is 17.9. The summed E-state index contributed by atoms with van der Waals surface area (Å²) in [5.74, 6) is 2.41. The van der Waals surface area contributed by atoms with Crippen molar-refractivity contribution in [2.45, 2.75) is 44.1 Å². The SMILES string of the molecule is O=C(NC(=S)NC12CC3CC(CC(C3)C1)C2)c1ccc(-c2ccccc2)cc1. The Bertz CT molecular complexity index is 855. The molecule has 4 aliphatic rings. The summed E-state index contributed by atoms with van der Waals surface area (Å²) in [5, 5.41) is 6.96. The Kier molecular flexibility index (Phi) is 4.47. The molecule has 4 bridgehead atoms. The molecule has 2 aromatic rings. The number of benzene rings is 2. The molecule has 0 heterocycles. The van der Waals surface area contributed by atoms with E-state index in [0.29, 0.717) is 10.7 Å². The van der Waals surface area contributed by atoms with E-state index in [1.807, 2.05) is 42.5 Å². The molecule has 0 unspecified atom stereocenters. The third kappa shape index (κ3) is 3.46. The number of thiocarbonyl (C=S) groups is 1. The van der Waals surface area contributed by atoms with Crippen molar-refractivity contribution < 1.29 is 4.79 Å². The van der Waals surface area contributed by atoms with Crippen LogP contribution in [0.4, 0.5) is 0 Å². The van der Waals surface area contributed by atoms with Crippen LogP contribution in [0, 0.1) is 17.8 Å². The van der Waals surface area contributed by atoms with Gasteiger partial charge in [-0.25, -0.2) is 0 Å². The predicted molar refractivity (Wildman–Crippen MR) is 116 cm³/mol. The largest absolute Gasteiger partial charge is 0.357 e. The van der Waals surface area contributed by atoms with E-state index in [2.05, 4.69) is 22.8 Å². The van der Waals surface area contributed by atoms with Crippen molar-refractivity contribution >= 4 is 23.2 Å². The summed E-state index contributed by atoms with van der Waals surface area (Å²) in [4.78, 5) is 12.7. The summed E-state index contributed by atoms with van der Waals surface area (Å²) < 4.78 is 0. The van der Waals surface area contributed by atoms with E-state index < -0.39 is 0 Å². The summed E-state index contributed by atoms with van der Waals surface area (Å²) in [6.45, 7) is 0. The molecule has 0 aliphatic heterocycles. The van der Waals surface area contributed by atoms with Crippen LogP contribution in [0.25, 0.3) is 11.1 Å². The van der Waals surface area contributed by atoms with Gasteiger partial charge in [-0.1, -0.05) is 42.5 Å². The van der Waals surface area contributed by atoms with Gasteiger partial charge in [0.15, 0.2) is 5.11 Å². The highest BCUT2D eigenvalue weighted by Gasteiger charge is 2.51. The number of carbonyl (C=O) groups excluding carboxylic acids is 1. The second kappa shape index (κ2) is 7.00. The maximum absolute atomic E-state index is 12.7. The number of hydrogen-bond donors (Lipinski definition) is 2. The van der Waals surface area contributed by atoms with Crippen LogP contribution in [-0.4, -0.2) is 16.6 Å². The summed E-state index contributed by atoms with van der Waals surface area (Å²) >= 11 is 5.52. The highest BCUT2D eigenvalue weighted by atomic mass is 32.1. The zero-order chi connectivity index (χ0) is 19.1. The van der Waals surface area contributed by atoms with E-state index in [1.165, 1.54) is 38.5 Å². The minimum Gasteiger partial charge on any atom is -0.357 e. The zero-order valence-corrected chi connectivity index (χ0v) is 16.8. The van der Waals surface area contributed by atoms with Gasteiger partial charge in [0.2, 0.25) is 0 Å². The van der Waals surface area contributed by atoms with Gasteiger partial charge in [-0.2, -0.15) is 0 Å². The Morgan fingerprint density at radius 1 is 0.821 bits per heavy atom. The number of rotatable bonds is 3. The second-order valence-corrected chi connectivity index (χ2v) is 9.46. The van der Waals surface area contributed by atoms with Crippen molar-refractivity contribution in [3.05, 3.63) is 60.2 Å². The minimum atomic E-state index is -0.137. The maximum Gasteiger partial charge on any atom is 0.257 e. The molecule has 3 nitrogen and oxygen atoms in total. The van der Waals surface area contributed by atoms with Crippen LogP contribution in [0.5, 0.6) is 0 Å². The van der Waals surface area contributed by atoms with Gasteiger partial charge in [-0.3, -0.25) is 10.1 Å². The van der Waals surface area contributed by atoms with Gasteiger partial charge in [0, 0.05) is 11.1 Å². The normalized spacial score (nSPS) is 30.1. The zero-order valence-electron chi connectivity index (χ0n) is 16.0. The third-order valence-corrected chi connectivity index (χ3v) is 7.10. The predicted octanol–water partition coefficient (Wildman–Crippen LogP) is 4.93. The van der Waals surface area contributed by atoms with Crippen LogP contribution in [0.15, 0.2) is 54.6 Å². The monoisotopic (exact) mass is 390 g/mol. The molecule has 4 heteroatoms. The van der Waals surface area contributed by atoms with Gasteiger partial charge in [0.1, 0.15) is 0 Å². The lowest BCUT2D eigenvalue weighted by Crippen LogP contribution is -2.61. The van der Waals surface area contributed by atoms with E-state index in [4.69, 9.17) is 12.2 Å². The number of hydrogen-bond acceptors (Lipinski definition) is 2. The van der Waals surface area contributed by atoms with Gasteiger partial charge in [-0.15, -0.1) is 0 Å². The molecule has 6 rings (SSSR count). The molecule has 4 aliphatic carbocycles. The van der Waals surface area contributed by atoms with Crippen LogP contribution >= 0.6 is 12.2 Å². The molecule has 0 atom stereocenters. The summed E-state index contributed by atoms with van der Waals surface area (Å²) in [7, 11) is 0. The van der Waals surface area contributed by atoms with Crippen LogP contribution < -0.4 is 10.6 Å². The van der Waals surface area contributed by atoms with Crippen LogP contribution in [0.3, 0.4) is 0 Å². The Hall–Kier alpha value is -2.20. The maximum atomic E-state index is 12.7. The molecule has 0 saturated heterocycles. The molecule has 2 N–H and O–H groups in total. The number of amides is 1. The molecule has 28 heavy (non-hydrogen) atoms. The highest BCUT2D eigenvalue weighted by Crippen LogP contribution is 2.55. The first-order chi connectivity index (χ1) is 13.6. The van der Waals surface area contributed by atoms with Crippen molar-refractivity contribution in [1.29, 1.82) is 0 Å². The van der Waals surface area contributed by atoms with Gasteiger partial charge in [0.25, 0.3) is 5.91 Å². The Labute approximate surface area is 171 Å². The van der Waals surface area contributed by atoms with Crippen molar-refractivity contribution in [2.75, 3.05) is 0 Å². The van der Waals surface area contributed by atoms with Crippen LogP contribution in [0.1, 0.15) is 48.9 Å². The summed E-state index contributed by atoms with van der Waals surface area (Å²) in [6, 6.07) is 17.9. The first-order valence-corrected chi connectivity index (χ1v) is 10.8. The first-order valence-electron chi connectivity index (χ1n) is 10.4. The second-order valence-electron chi connectivity index (χ2n) is 9.05. The van der Waals surface area contributed by atoms with E-state index in [1.54, 1.807) is 0 Å². The average molecular weight is 391 g/mol. The molecule has 2 aromatic carbocycles. The fourth-order valence-electron chi connectivity index (χ4n) is 6.16. The topological polar surface area (TPSA) is 41.1 Å². The lowest BCUT2D eigenvalue weighted by molar-refractivity contribution is -0.0101. The Balaban J connectivity index is 1.23. The lowest BCUT2D eigenvalue weighted by atomic mass is 9.53. The van der Waals surface area contributed by atoms with Crippen molar-refractivity contribution in [3.8, 4) is 11.1 Å². The summed E-state index contributed by atoms with van der Waals surface area (Å²) in [5.41, 5.74) is 3.00. The molecule has 144 valence electrons. The quantitative estimate of drug-likeness (QED) is 0.731. The number of carbonyl (C=O) groups is 1. The molecular formula is C24H26N2OS. The molecule has 0 radical (unpaired) electrons. The van der Waals surface area contributed by atoms with Gasteiger partial charge in [0.05, 0.1) is 0 Å². The molecule has 0 aromatic heterocycles. The van der Waals surface area contributed by atoms with Gasteiger partial charge >= 0.3 is 0 Å². The number of nitrogens with one attached hydrogen (secondary N) is 2. The minimum absolute atomic E-state index is 0.121. The lowest BCUT2D eigenvalue weighted by Gasteiger charge is -2.57.